The number of nitrogens with one attached hydrogen (secondary N) is 1. The van der Waals surface area contributed by atoms with E-state index in [-0.39, 0.29) is 17.6 Å². The van der Waals surface area contributed by atoms with Crippen LogP contribution >= 0.6 is 0 Å². The van der Waals surface area contributed by atoms with Gasteiger partial charge in [-0.1, -0.05) is 13.8 Å². The first-order valence-electron chi connectivity index (χ1n) is 6.05. The van der Waals surface area contributed by atoms with Crippen molar-refractivity contribution in [3.05, 3.63) is 29.3 Å². The molecule has 104 valence electrons. The van der Waals surface area contributed by atoms with Gasteiger partial charge in [0.15, 0.2) is 0 Å². The molecule has 1 rings (SSSR count). The maximum Gasteiger partial charge on any atom is 0.328 e. The van der Waals surface area contributed by atoms with Crippen LogP contribution in [0, 0.1) is 12.8 Å². The van der Waals surface area contributed by atoms with Gasteiger partial charge in [0, 0.05) is 5.56 Å². The van der Waals surface area contributed by atoms with Gasteiger partial charge in [0.25, 0.3) is 5.91 Å². The smallest absolute Gasteiger partial charge is 0.328 e. The number of rotatable bonds is 4. The van der Waals surface area contributed by atoms with Gasteiger partial charge in [-0.05, 0) is 36.6 Å². The molecule has 0 aliphatic heterocycles. The molecule has 0 saturated carbocycles. The van der Waals surface area contributed by atoms with Crippen molar-refractivity contribution in [2.24, 2.45) is 5.92 Å². The highest BCUT2D eigenvalue weighted by molar-refractivity contribution is 5.98. The molecule has 0 fully saturated rings. The van der Waals surface area contributed by atoms with Gasteiger partial charge in [0.05, 0.1) is 7.11 Å². The van der Waals surface area contributed by atoms with Crippen LogP contribution in [-0.2, 0) is 9.53 Å². The molecular weight excluding hydrogens is 246 g/mol. The number of ether oxygens (including phenoxy) is 1. The predicted octanol–water partition coefficient (Wildman–Crippen LogP) is 1.63. The van der Waals surface area contributed by atoms with E-state index in [9.17, 15) is 14.7 Å². The number of phenols is 1. The first-order valence-corrected chi connectivity index (χ1v) is 6.05. The Morgan fingerprint density at radius 3 is 2.42 bits per heavy atom. The van der Waals surface area contributed by atoms with Crippen molar-refractivity contribution in [1.82, 2.24) is 5.32 Å². The molecule has 0 aliphatic carbocycles. The largest absolute Gasteiger partial charge is 0.508 e. The molecule has 0 bridgehead atoms. The molecule has 5 nitrogen and oxygen atoms in total. The predicted molar refractivity (Wildman–Crippen MR) is 71.0 cm³/mol. The number of aromatic hydroxyl groups is 1. The number of phenolic OH excluding ortho intramolecular Hbond substituents is 1. The highest BCUT2D eigenvalue weighted by Gasteiger charge is 2.25. The number of amides is 1. The van der Waals surface area contributed by atoms with Gasteiger partial charge in [0.1, 0.15) is 11.8 Å². The average Bonchev–Trinajstić information content (AvgIpc) is 2.34. The van der Waals surface area contributed by atoms with Crippen LogP contribution in [0.1, 0.15) is 29.8 Å². The van der Waals surface area contributed by atoms with E-state index in [1.54, 1.807) is 6.92 Å². The summed E-state index contributed by atoms with van der Waals surface area (Å²) in [5.74, 6) is -0.808. The van der Waals surface area contributed by atoms with Crippen molar-refractivity contribution in [2.45, 2.75) is 26.8 Å². The summed E-state index contributed by atoms with van der Waals surface area (Å²) in [6.45, 7) is 5.37. The van der Waals surface area contributed by atoms with Crippen LogP contribution in [0.4, 0.5) is 0 Å². The van der Waals surface area contributed by atoms with Crippen molar-refractivity contribution in [1.29, 1.82) is 0 Å². The highest BCUT2D eigenvalue weighted by atomic mass is 16.5. The van der Waals surface area contributed by atoms with E-state index in [0.29, 0.717) is 11.1 Å². The normalized spacial score (nSPS) is 12.1. The number of hydrogen-bond donors (Lipinski definition) is 2. The molecule has 19 heavy (non-hydrogen) atoms. The Balaban J connectivity index is 2.91. The third-order valence-electron chi connectivity index (χ3n) is 2.86. The zero-order chi connectivity index (χ0) is 14.6. The Labute approximate surface area is 112 Å². The van der Waals surface area contributed by atoms with E-state index in [1.165, 1.54) is 25.3 Å². The number of methoxy groups -OCH3 is 1. The number of hydrogen-bond acceptors (Lipinski definition) is 4. The van der Waals surface area contributed by atoms with Crippen LogP contribution < -0.4 is 5.32 Å². The molecule has 1 aromatic rings. The summed E-state index contributed by atoms with van der Waals surface area (Å²) in [6, 6.07) is 3.77. The second kappa shape index (κ2) is 6.22. The second-order valence-electron chi connectivity index (χ2n) is 4.72. The summed E-state index contributed by atoms with van der Waals surface area (Å²) in [6.07, 6.45) is 0. The van der Waals surface area contributed by atoms with Crippen molar-refractivity contribution in [3.63, 3.8) is 0 Å². The third kappa shape index (κ3) is 3.71. The molecule has 0 aliphatic rings. The van der Waals surface area contributed by atoms with E-state index in [0.717, 1.165) is 0 Å². The Morgan fingerprint density at radius 1 is 1.32 bits per heavy atom. The topological polar surface area (TPSA) is 75.6 Å². The number of esters is 1. The van der Waals surface area contributed by atoms with Crippen LogP contribution in [0.15, 0.2) is 18.2 Å². The Bertz CT molecular complexity index is 482. The molecule has 1 aromatic carbocycles. The molecule has 2 N–H and O–H groups in total. The molecule has 0 heterocycles. The number of benzene rings is 1. The Hall–Kier alpha value is -2.04. The van der Waals surface area contributed by atoms with Gasteiger partial charge in [-0.15, -0.1) is 0 Å². The lowest BCUT2D eigenvalue weighted by Gasteiger charge is -2.20. The number of aryl methyl sites for hydroxylation is 1. The lowest BCUT2D eigenvalue weighted by atomic mass is 10.0. The first kappa shape index (κ1) is 15.0. The minimum Gasteiger partial charge on any atom is -0.508 e. The fourth-order valence-corrected chi connectivity index (χ4v) is 1.75. The fourth-order valence-electron chi connectivity index (χ4n) is 1.75. The Morgan fingerprint density at radius 2 is 1.95 bits per heavy atom. The monoisotopic (exact) mass is 265 g/mol. The zero-order valence-corrected chi connectivity index (χ0v) is 11.6. The van der Waals surface area contributed by atoms with E-state index >= 15 is 0 Å². The van der Waals surface area contributed by atoms with Gasteiger partial charge in [-0.2, -0.15) is 0 Å². The SMILES string of the molecule is COC(=O)C(NC(=O)c1ccc(O)cc1C)C(C)C. The summed E-state index contributed by atoms with van der Waals surface area (Å²) < 4.78 is 4.67. The van der Waals surface area contributed by atoms with Gasteiger partial charge in [-0.25, -0.2) is 4.79 Å². The van der Waals surface area contributed by atoms with E-state index in [2.05, 4.69) is 10.1 Å². The molecule has 0 aromatic heterocycles. The molecule has 0 saturated heterocycles. The van der Waals surface area contributed by atoms with Crippen LogP contribution in [0.5, 0.6) is 5.75 Å². The quantitative estimate of drug-likeness (QED) is 0.811. The van der Waals surface area contributed by atoms with Crippen molar-refractivity contribution in [2.75, 3.05) is 7.11 Å². The van der Waals surface area contributed by atoms with Gasteiger partial charge < -0.3 is 15.2 Å². The van der Waals surface area contributed by atoms with Crippen LogP contribution in [-0.4, -0.2) is 30.1 Å². The minimum atomic E-state index is -0.689. The number of carbonyl (C=O) groups excluding carboxylic acids is 2. The number of carbonyl (C=O) groups is 2. The third-order valence-corrected chi connectivity index (χ3v) is 2.86. The molecule has 5 heteroatoms. The van der Waals surface area contributed by atoms with E-state index in [4.69, 9.17) is 0 Å². The summed E-state index contributed by atoms with van der Waals surface area (Å²) >= 11 is 0. The van der Waals surface area contributed by atoms with Gasteiger partial charge >= 0.3 is 5.97 Å². The van der Waals surface area contributed by atoms with Gasteiger partial charge in [0.2, 0.25) is 0 Å². The summed E-state index contributed by atoms with van der Waals surface area (Å²) in [4.78, 5) is 23.7. The maximum atomic E-state index is 12.1. The lowest BCUT2D eigenvalue weighted by molar-refractivity contribution is -0.144. The highest BCUT2D eigenvalue weighted by Crippen LogP contribution is 2.16. The van der Waals surface area contributed by atoms with Crippen LogP contribution in [0.3, 0.4) is 0 Å². The maximum absolute atomic E-state index is 12.1. The van der Waals surface area contributed by atoms with Crippen molar-refractivity contribution >= 4 is 11.9 Å². The van der Waals surface area contributed by atoms with Crippen LogP contribution in [0.25, 0.3) is 0 Å². The second-order valence-corrected chi connectivity index (χ2v) is 4.72. The summed E-state index contributed by atoms with van der Waals surface area (Å²) in [5, 5.41) is 12.0. The molecular formula is C14H19NO4. The van der Waals surface area contributed by atoms with E-state index < -0.39 is 12.0 Å². The van der Waals surface area contributed by atoms with Crippen molar-refractivity contribution in [3.8, 4) is 5.75 Å². The zero-order valence-electron chi connectivity index (χ0n) is 11.6. The molecule has 0 spiro atoms. The summed E-state index contributed by atoms with van der Waals surface area (Å²) in [5.41, 5.74) is 1.07. The minimum absolute atomic E-state index is 0.0752. The molecule has 0 radical (unpaired) electrons. The molecule has 1 amide bonds. The Kier molecular flexibility index (Phi) is 4.92. The van der Waals surface area contributed by atoms with E-state index in [1.807, 2.05) is 13.8 Å². The molecule has 1 atom stereocenters. The van der Waals surface area contributed by atoms with Gasteiger partial charge in [-0.3, -0.25) is 4.79 Å². The van der Waals surface area contributed by atoms with Crippen LogP contribution in [0.2, 0.25) is 0 Å². The lowest BCUT2D eigenvalue weighted by Crippen LogP contribution is -2.45. The van der Waals surface area contributed by atoms with Crippen molar-refractivity contribution < 1.29 is 19.4 Å². The average molecular weight is 265 g/mol. The standard InChI is InChI=1S/C14H19NO4/c1-8(2)12(14(18)19-4)15-13(17)11-6-5-10(16)7-9(11)3/h5-8,12,16H,1-4H3,(H,15,17). The molecule has 1 unspecified atom stereocenters. The first-order chi connectivity index (χ1) is 8.86. The summed E-state index contributed by atoms with van der Waals surface area (Å²) in [7, 11) is 1.29. The fraction of sp³-hybridized carbons (Fsp3) is 0.429.